The molecule has 0 N–H and O–H groups in total. The Balaban J connectivity index is 1.49. The molecule has 116 valence electrons. The van der Waals surface area contributed by atoms with Gasteiger partial charge in [-0.1, -0.05) is 29.8 Å². The van der Waals surface area contributed by atoms with E-state index in [1.807, 2.05) is 30.3 Å². The molecule has 1 aromatic rings. The summed E-state index contributed by atoms with van der Waals surface area (Å²) in [5, 5.41) is 0. The van der Waals surface area contributed by atoms with E-state index in [4.69, 9.17) is 0 Å². The maximum absolute atomic E-state index is 13.3. The standard InChI is InChI=1S/C20H19NO2/c22-18-16-12-9-15-11-6-7-13(8-11)20(15,10-12)17(16)19(23)21(18)14-4-2-1-3-5-14/h1-5,9,11-13,16-17H,6-8,10H2/t11?,12?,13?,16-,17+,20?/m1/s1. The Morgan fingerprint density at radius 3 is 2.70 bits per heavy atom. The van der Waals surface area contributed by atoms with Crippen LogP contribution in [0.3, 0.4) is 0 Å². The van der Waals surface area contributed by atoms with Crippen molar-refractivity contribution in [2.24, 2.45) is 35.0 Å². The molecule has 2 amide bonds. The van der Waals surface area contributed by atoms with Crippen molar-refractivity contribution in [2.75, 3.05) is 4.90 Å². The van der Waals surface area contributed by atoms with E-state index in [1.165, 1.54) is 24.2 Å². The van der Waals surface area contributed by atoms with Gasteiger partial charge < -0.3 is 0 Å². The fraction of sp³-hybridized carbons (Fsp3) is 0.500. The van der Waals surface area contributed by atoms with Crippen molar-refractivity contribution in [1.29, 1.82) is 0 Å². The Labute approximate surface area is 135 Å². The molecule has 4 aliphatic carbocycles. The van der Waals surface area contributed by atoms with Crippen LogP contribution >= 0.6 is 0 Å². The molecule has 3 saturated carbocycles. The molecule has 3 nitrogen and oxygen atoms in total. The molecule has 4 bridgehead atoms. The zero-order chi connectivity index (χ0) is 15.3. The first-order valence-electron chi connectivity index (χ1n) is 8.87. The molecule has 1 heterocycles. The second-order valence-corrected chi connectivity index (χ2v) is 8.09. The van der Waals surface area contributed by atoms with Crippen molar-refractivity contribution in [2.45, 2.75) is 25.7 Å². The highest BCUT2D eigenvalue weighted by molar-refractivity contribution is 6.23. The quantitative estimate of drug-likeness (QED) is 0.590. The van der Waals surface area contributed by atoms with Crippen LogP contribution in [0.2, 0.25) is 0 Å². The summed E-state index contributed by atoms with van der Waals surface area (Å²) in [4.78, 5) is 27.8. The minimum atomic E-state index is -0.0918. The van der Waals surface area contributed by atoms with Crippen LogP contribution in [-0.2, 0) is 9.59 Å². The monoisotopic (exact) mass is 305 g/mol. The number of hydrogen-bond acceptors (Lipinski definition) is 2. The molecule has 6 atom stereocenters. The highest BCUT2D eigenvalue weighted by atomic mass is 16.2. The van der Waals surface area contributed by atoms with E-state index in [1.54, 1.807) is 5.57 Å². The molecule has 5 aliphatic rings. The van der Waals surface area contributed by atoms with Gasteiger partial charge in [-0.25, -0.2) is 0 Å². The van der Waals surface area contributed by atoms with Crippen LogP contribution in [0.1, 0.15) is 25.7 Å². The SMILES string of the molecule is O=C1[C@@H]2C3C=C4C5CCC(C5)C4(C3)[C@@H]2C(=O)N1c1ccccc1. The maximum atomic E-state index is 13.3. The van der Waals surface area contributed by atoms with Gasteiger partial charge in [-0.05, 0) is 55.6 Å². The number of benzene rings is 1. The third kappa shape index (κ3) is 1.20. The number of carbonyl (C=O) groups is 2. The Morgan fingerprint density at radius 2 is 1.87 bits per heavy atom. The molecule has 6 rings (SSSR count). The molecule has 1 spiro atoms. The Morgan fingerprint density at radius 1 is 1.04 bits per heavy atom. The van der Waals surface area contributed by atoms with Crippen molar-refractivity contribution in [1.82, 2.24) is 0 Å². The van der Waals surface area contributed by atoms with Crippen LogP contribution in [0.4, 0.5) is 5.69 Å². The average Bonchev–Trinajstić information content (AvgIpc) is 3.32. The second kappa shape index (κ2) is 3.77. The van der Waals surface area contributed by atoms with Crippen molar-refractivity contribution in [3.63, 3.8) is 0 Å². The van der Waals surface area contributed by atoms with Gasteiger partial charge in [0.15, 0.2) is 0 Å². The summed E-state index contributed by atoms with van der Waals surface area (Å²) in [7, 11) is 0. The Bertz CT molecular complexity index is 782. The number of rotatable bonds is 1. The predicted molar refractivity (Wildman–Crippen MR) is 85.4 cm³/mol. The maximum Gasteiger partial charge on any atom is 0.238 e. The van der Waals surface area contributed by atoms with Crippen LogP contribution in [0, 0.1) is 35.0 Å². The van der Waals surface area contributed by atoms with Gasteiger partial charge in [-0.2, -0.15) is 0 Å². The van der Waals surface area contributed by atoms with Crippen molar-refractivity contribution >= 4 is 17.5 Å². The van der Waals surface area contributed by atoms with Crippen molar-refractivity contribution in [3.8, 4) is 0 Å². The van der Waals surface area contributed by atoms with Gasteiger partial charge in [0.05, 0.1) is 17.5 Å². The molecule has 1 aliphatic heterocycles. The number of nitrogens with zero attached hydrogens (tertiary/aromatic N) is 1. The van der Waals surface area contributed by atoms with E-state index < -0.39 is 0 Å². The molecular formula is C20H19NO2. The van der Waals surface area contributed by atoms with Crippen LogP contribution in [-0.4, -0.2) is 11.8 Å². The lowest BCUT2D eigenvalue weighted by Gasteiger charge is -2.39. The van der Waals surface area contributed by atoms with Gasteiger partial charge in [-0.3, -0.25) is 14.5 Å². The molecule has 1 aromatic carbocycles. The van der Waals surface area contributed by atoms with Crippen molar-refractivity contribution < 1.29 is 9.59 Å². The fourth-order valence-corrected chi connectivity index (χ4v) is 6.89. The first kappa shape index (κ1) is 12.5. The van der Waals surface area contributed by atoms with E-state index in [0.29, 0.717) is 17.8 Å². The van der Waals surface area contributed by atoms with E-state index >= 15 is 0 Å². The van der Waals surface area contributed by atoms with E-state index in [-0.39, 0.29) is 29.1 Å². The summed E-state index contributed by atoms with van der Waals surface area (Å²) >= 11 is 0. The molecule has 1 saturated heterocycles. The highest BCUT2D eigenvalue weighted by Crippen LogP contribution is 2.75. The van der Waals surface area contributed by atoms with Gasteiger partial charge in [0, 0.05) is 5.41 Å². The topological polar surface area (TPSA) is 37.4 Å². The number of carbonyl (C=O) groups excluding carboxylic acids is 2. The van der Waals surface area contributed by atoms with Gasteiger partial charge in [-0.15, -0.1) is 0 Å². The van der Waals surface area contributed by atoms with E-state index in [9.17, 15) is 9.59 Å². The molecule has 0 radical (unpaired) electrons. The summed E-state index contributed by atoms with van der Waals surface area (Å²) in [5.74, 6) is 1.62. The van der Waals surface area contributed by atoms with Crippen molar-refractivity contribution in [3.05, 3.63) is 42.0 Å². The van der Waals surface area contributed by atoms with E-state index in [0.717, 1.165) is 12.1 Å². The zero-order valence-corrected chi connectivity index (χ0v) is 12.9. The Hall–Kier alpha value is -1.90. The number of para-hydroxylation sites is 1. The van der Waals surface area contributed by atoms with E-state index in [2.05, 4.69) is 6.08 Å². The summed E-state index contributed by atoms with van der Waals surface area (Å²) in [5.41, 5.74) is 2.36. The number of anilines is 1. The number of hydrogen-bond donors (Lipinski definition) is 0. The van der Waals surface area contributed by atoms with Gasteiger partial charge in [0.1, 0.15) is 0 Å². The summed E-state index contributed by atoms with van der Waals surface area (Å²) in [6, 6.07) is 9.49. The Kier molecular flexibility index (Phi) is 2.05. The number of amides is 2. The number of fused-ring (bicyclic) bond motifs is 6. The molecular weight excluding hydrogens is 286 g/mol. The molecule has 4 fully saturated rings. The number of imide groups is 1. The average molecular weight is 305 g/mol. The molecule has 3 heteroatoms. The summed E-state index contributed by atoms with van der Waals surface area (Å²) in [6.45, 7) is 0. The van der Waals surface area contributed by atoms with Crippen LogP contribution in [0.25, 0.3) is 0 Å². The van der Waals surface area contributed by atoms with Crippen LogP contribution in [0.15, 0.2) is 42.0 Å². The lowest BCUT2D eigenvalue weighted by molar-refractivity contribution is -0.124. The van der Waals surface area contributed by atoms with Crippen LogP contribution < -0.4 is 4.90 Å². The first-order chi connectivity index (χ1) is 11.2. The lowest BCUT2D eigenvalue weighted by Crippen LogP contribution is -2.40. The molecule has 0 aromatic heterocycles. The summed E-state index contributed by atoms with van der Waals surface area (Å²) in [6.07, 6.45) is 7.29. The zero-order valence-electron chi connectivity index (χ0n) is 12.9. The smallest absolute Gasteiger partial charge is 0.238 e. The third-order valence-corrected chi connectivity index (χ3v) is 7.49. The minimum absolute atomic E-state index is 0.0474. The normalized spacial score (nSPS) is 45.7. The fourth-order valence-electron chi connectivity index (χ4n) is 6.89. The number of allylic oxidation sites excluding steroid dienone is 2. The third-order valence-electron chi connectivity index (χ3n) is 7.49. The highest BCUT2D eigenvalue weighted by Gasteiger charge is 2.74. The predicted octanol–water partition coefficient (Wildman–Crippen LogP) is 3.17. The minimum Gasteiger partial charge on any atom is -0.274 e. The van der Waals surface area contributed by atoms with Gasteiger partial charge in [0.2, 0.25) is 11.8 Å². The second-order valence-electron chi connectivity index (χ2n) is 8.09. The lowest BCUT2D eigenvalue weighted by atomic mass is 9.63. The summed E-state index contributed by atoms with van der Waals surface area (Å²) < 4.78 is 0. The van der Waals surface area contributed by atoms with Gasteiger partial charge in [0.25, 0.3) is 0 Å². The van der Waals surface area contributed by atoms with Gasteiger partial charge >= 0.3 is 0 Å². The largest absolute Gasteiger partial charge is 0.274 e. The molecule has 4 unspecified atom stereocenters. The molecule has 23 heavy (non-hydrogen) atoms. The van der Waals surface area contributed by atoms with Crippen LogP contribution in [0.5, 0.6) is 0 Å². The first-order valence-corrected chi connectivity index (χ1v) is 8.87.